The van der Waals surface area contributed by atoms with E-state index < -0.39 is 59.6 Å². The molecule has 4 aliphatic carbocycles. The molecule has 7 rings (SSSR count). The Morgan fingerprint density at radius 2 is 1.83 bits per heavy atom. The molecule has 4 saturated carbocycles. The van der Waals surface area contributed by atoms with Crippen molar-refractivity contribution >= 4 is 23.2 Å². The van der Waals surface area contributed by atoms with Crippen LogP contribution >= 0.6 is 0 Å². The third-order valence-corrected chi connectivity index (χ3v) is 10.3. The van der Waals surface area contributed by atoms with Gasteiger partial charge in [0.2, 0.25) is 5.91 Å². The fourth-order valence-corrected chi connectivity index (χ4v) is 8.03. The first-order valence-electron chi connectivity index (χ1n) is 15.9. The average molecular weight is 658 g/mol. The number of carbonyl (C=O) groups is 2. The second-order valence-corrected chi connectivity index (χ2v) is 13.3. The average Bonchev–Trinajstić information content (AvgIpc) is 3.35. The predicted molar refractivity (Wildman–Crippen MR) is 161 cm³/mol. The molecular weight excluding hydrogens is 622 g/mol. The number of aliphatic hydroxyl groups excluding tert-OH is 2. The van der Waals surface area contributed by atoms with Crippen LogP contribution in [-0.2, 0) is 15.8 Å². The van der Waals surface area contributed by atoms with Crippen LogP contribution in [0.2, 0.25) is 0 Å². The van der Waals surface area contributed by atoms with E-state index in [4.69, 9.17) is 9.57 Å². The lowest BCUT2D eigenvalue weighted by molar-refractivity contribution is -0.140. The summed E-state index contributed by atoms with van der Waals surface area (Å²) >= 11 is 0. The molecule has 9 nitrogen and oxygen atoms in total. The van der Waals surface area contributed by atoms with Crippen molar-refractivity contribution in [3.8, 4) is 5.75 Å². The smallest absolute Gasteiger partial charge is 0.419 e. The molecule has 2 aromatic carbocycles. The third kappa shape index (κ3) is 5.88. The molecule has 5 aliphatic rings. The monoisotopic (exact) mass is 657 g/mol. The van der Waals surface area contributed by atoms with Gasteiger partial charge in [0.25, 0.3) is 5.91 Å². The molecule has 8 atom stereocenters. The fraction of sp³-hybridized carbons (Fsp3) is 0.500. The number of aliphatic hydroxyl groups is 2. The number of fused-ring (bicyclic) bond motifs is 3. The van der Waals surface area contributed by atoms with Crippen LogP contribution in [0.15, 0.2) is 53.2 Å². The van der Waals surface area contributed by atoms with Crippen molar-refractivity contribution in [1.29, 1.82) is 0 Å². The SMILES string of the molecule is COc1ccc(C2=NOC3C(O)CC(O)C23)cc1C(=O)N[C@@H]1[C@@H](CC(=O)Nc2ccc(F)c(C(F)(F)F)c2)[C@H]2CC[C@@H]1/C2=C\C1CC1. The van der Waals surface area contributed by atoms with Crippen LogP contribution in [0.4, 0.5) is 23.2 Å². The topological polar surface area (TPSA) is 129 Å². The van der Waals surface area contributed by atoms with Gasteiger partial charge in [0.15, 0.2) is 6.10 Å². The van der Waals surface area contributed by atoms with Gasteiger partial charge in [-0.15, -0.1) is 0 Å². The highest BCUT2D eigenvalue weighted by Crippen LogP contribution is 2.55. The zero-order valence-electron chi connectivity index (χ0n) is 25.5. The van der Waals surface area contributed by atoms with E-state index >= 15 is 0 Å². The molecule has 1 heterocycles. The molecule has 4 unspecified atom stereocenters. The van der Waals surface area contributed by atoms with Gasteiger partial charge in [0.05, 0.1) is 42.1 Å². The molecule has 2 amide bonds. The molecule has 47 heavy (non-hydrogen) atoms. The van der Waals surface area contributed by atoms with Crippen LogP contribution in [0.3, 0.4) is 0 Å². The summed E-state index contributed by atoms with van der Waals surface area (Å²) in [6.07, 6.45) is -1.11. The largest absolute Gasteiger partial charge is 0.496 e. The number of halogens is 4. The maximum absolute atomic E-state index is 14.0. The Hall–Kier alpha value is -3.97. The normalized spacial score (nSPS) is 31.8. The zero-order chi connectivity index (χ0) is 33.2. The van der Waals surface area contributed by atoms with E-state index in [-0.39, 0.29) is 41.8 Å². The van der Waals surface area contributed by atoms with E-state index in [1.807, 2.05) is 0 Å². The van der Waals surface area contributed by atoms with Gasteiger partial charge in [0, 0.05) is 36.1 Å². The van der Waals surface area contributed by atoms with Gasteiger partial charge in [-0.05, 0) is 79.8 Å². The van der Waals surface area contributed by atoms with Crippen LogP contribution in [0.5, 0.6) is 5.75 Å². The second-order valence-electron chi connectivity index (χ2n) is 13.3. The summed E-state index contributed by atoms with van der Waals surface area (Å²) < 4.78 is 59.2. The number of nitrogens with one attached hydrogen (secondary N) is 2. The van der Waals surface area contributed by atoms with Gasteiger partial charge in [-0.3, -0.25) is 9.59 Å². The Balaban J connectivity index is 1.13. The summed E-state index contributed by atoms with van der Waals surface area (Å²) in [6.45, 7) is 0. The molecule has 13 heteroatoms. The van der Waals surface area contributed by atoms with Crippen LogP contribution in [0.1, 0.15) is 60.0 Å². The van der Waals surface area contributed by atoms with Crippen molar-refractivity contribution in [3.63, 3.8) is 0 Å². The van der Waals surface area contributed by atoms with Crippen LogP contribution in [0, 0.1) is 35.4 Å². The first-order chi connectivity index (χ1) is 22.4. The van der Waals surface area contributed by atoms with Gasteiger partial charge >= 0.3 is 6.18 Å². The van der Waals surface area contributed by atoms with Gasteiger partial charge < -0.3 is 30.4 Å². The number of rotatable bonds is 8. The molecule has 0 saturated heterocycles. The summed E-state index contributed by atoms with van der Waals surface area (Å²) in [5, 5.41) is 30.6. The van der Waals surface area contributed by atoms with Crippen LogP contribution < -0.4 is 15.4 Å². The minimum atomic E-state index is -4.91. The molecule has 0 aromatic heterocycles. The maximum atomic E-state index is 14.0. The minimum absolute atomic E-state index is 0.00247. The molecule has 2 aromatic rings. The van der Waals surface area contributed by atoms with E-state index in [1.54, 1.807) is 18.2 Å². The summed E-state index contributed by atoms with van der Waals surface area (Å²) in [5.41, 5.74) is 0.768. The summed E-state index contributed by atoms with van der Waals surface area (Å²) in [4.78, 5) is 32.7. The van der Waals surface area contributed by atoms with E-state index in [1.165, 1.54) is 12.7 Å². The summed E-state index contributed by atoms with van der Waals surface area (Å²) in [7, 11) is 1.44. The van der Waals surface area contributed by atoms with Gasteiger partial charge in [-0.1, -0.05) is 16.8 Å². The number of nitrogens with zero attached hydrogens (tertiary/aromatic N) is 1. The number of ether oxygens (including phenoxy) is 1. The van der Waals surface area contributed by atoms with Crippen molar-refractivity contribution < 1.29 is 46.9 Å². The molecular formula is C34H35F4N3O6. The Labute approximate surface area is 268 Å². The number of hydrogen-bond donors (Lipinski definition) is 4. The Bertz CT molecular complexity index is 1660. The van der Waals surface area contributed by atoms with Crippen molar-refractivity contribution in [2.45, 2.75) is 69.1 Å². The number of oxime groups is 1. The fourth-order valence-electron chi connectivity index (χ4n) is 8.03. The Morgan fingerprint density at radius 3 is 2.55 bits per heavy atom. The molecule has 0 spiro atoms. The second kappa shape index (κ2) is 11.9. The van der Waals surface area contributed by atoms with Crippen LogP contribution in [-0.4, -0.2) is 59.2 Å². The van der Waals surface area contributed by atoms with Crippen molar-refractivity contribution in [1.82, 2.24) is 5.32 Å². The highest BCUT2D eigenvalue weighted by Gasteiger charge is 2.53. The van der Waals surface area contributed by atoms with Crippen molar-refractivity contribution in [3.05, 3.63) is 70.6 Å². The highest BCUT2D eigenvalue weighted by atomic mass is 19.4. The van der Waals surface area contributed by atoms with E-state index in [0.29, 0.717) is 35.1 Å². The molecule has 0 radical (unpaired) electrons. The molecule has 250 valence electrons. The van der Waals surface area contributed by atoms with Crippen molar-refractivity contribution in [2.75, 3.05) is 12.4 Å². The summed E-state index contributed by atoms with van der Waals surface area (Å²) in [5.74, 6) is -2.46. The number of anilines is 1. The lowest BCUT2D eigenvalue weighted by Crippen LogP contribution is -2.45. The summed E-state index contributed by atoms with van der Waals surface area (Å²) in [6, 6.07) is 6.87. The minimum Gasteiger partial charge on any atom is -0.496 e. The number of methoxy groups -OCH3 is 1. The van der Waals surface area contributed by atoms with E-state index in [2.05, 4.69) is 21.9 Å². The maximum Gasteiger partial charge on any atom is 0.419 e. The lowest BCUT2D eigenvalue weighted by atomic mass is 9.81. The van der Waals surface area contributed by atoms with Crippen LogP contribution in [0.25, 0.3) is 0 Å². The third-order valence-electron chi connectivity index (χ3n) is 10.3. The zero-order valence-corrected chi connectivity index (χ0v) is 25.5. The number of allylic oxidation sites excluding steroid dienone is 1. The van der Waals surface area contributed by atoms with Gasteiger partial charge in [0.1, 0.15) is 11.6 Å². The Morgan fingerprint density at radius 1 is 1.06 bits per heavy atom. The first kappa shape index (κ1) is 31.6. The number of benzene rings is 2. The number of amides is 2. The molecule has 2 bridgehead atoms. The predicted octanol–water partition coefficient (Wildman–Crippen LogP) is 4.82. The van der Waals surface area contributed by atoms with E-state index in [0.717, 1.165) is 31.7 Å². The highest BCUT2D eigenvalue weighted by molar-refractivity contribution is 6.06. The first-order valence-corrected chi connectivity index (χ1v) is 15.9. The lowest BCUT2D eigenvalue weighted by Gasteiger charge is -2.31. The standard InChI is InChI=1S/C34H35F4N3O6/c1-46-27-9-4-16(30-29-25(42)14-26(43)32(29)47-41-30)11-22(27)33(45)40-31-19-7-6-18(20(19)10-15-2-3-15)21(31)13-28(44)39-17-5-8-24(35)23(12-17)34(36,37)38/h4-5,8-12,15,18-19,21,25-26,29,31-32,42-43H,2-3,6-7,13-14H2,1H3,(H,39,44)(H,40,45)/b20-10-/t18-,19+,21-,25?,26?,29?,31-,32?/m0/s1. The van der Waals surface area contributed by atoms with Gasteiger partial charge in [-0.25, -0.2) is 4.39 Å². The quantitative estimate of drug-likeness (QED) is 0.238. The van der Waals surface area contributed by atoms with E-state index in [9.17, 15) is 37.4 Å². The number of carbonyl (C=O) groups excluding carboxylic acids is 2. The molecule has 1 aliphatic heterocycles. The number of alkyl halides is 3. The molecule has 4 fully saturated rings. The van der Waals surface area contributed by atoms with Gasteiger partial charge in [-0.2, -0.15) is 13.2 Å². The number of hydrogen-bond acceptors (Lipinski definition) is 7. The molecule has 4 N–H and O–H groups in total. The van der Waals surface area contributed by atoms with Crippen molar-refractivity contribution in [2.24, 2.45) is 34.7 Å². The Kier molecular flexibility index (Phi) is 8.02.